The fourth-order valence-corrected chi connectivity index (χ4v) is 14.7. The summed E-state index contributed by atoms with van der Waals surface area (Å²) < 4.78 is 14.1. The summed E-state index contributed by atoms with van der Waals surface area (Å²) in [6, 6.07) is 56.2. The monoisotopic (exact) mass is 865 g/mol. The fraction of sp³-hybridized carbons (Fsp3) is 0.111. The molecule has 0 spiro atoms. The minimum absolute atomic E-state index is 0.0279. The molecule has 3 heteroatoms. The first kappa shape index (κ1) is 40.1. The average molecular weight is 866 g/mol. The largest absolute Gasteiger partial charge is 0.456 e. The molecule has 66 heavy (non-hydrogen) atoms. The number of ether oxygens (including phenoxy) is 2. The highest BCUT2D eigenvalue weighted by atomic mass is 28.3. The van der Waals surface area contributed by atoms with E-state index in [0.29, 0.717) is 11.1 Å². The van der Waals surface area contributed by atoms with Gasteiger partial charge < -0.3 is 9.47 Å². The summed E-state index contributed by atoms with van der Waals surface area (Å²) >= 11 is 0. The Hall–Kier alpha value is -7.46. The van der Waals surface area contributed by atoms with Crippen LogP contribution in [0.1, 0.15) is 36.8 Å². The van der Waals surface area contributed by atoms with Gasteiger partial charge in [0.1, 0.15) is 23.0 Å². The van der Waals surface area contributed by atoms with Crippen molar-refractivity contribution < 1.29 is 9.47 Å². The van der Waals surface area contributed by atoms with Crippen molar-refractivity contribution >= 4 is 51.9 Å². The molecular formula is C63H49O2Si. The fourth-order valence-electron chi connectivity index (χ4n) is 11.3. The maximum Gasteiger partial charge on any atom is 0.139 e. The van der Waals surface area contributed by atoms with Gasteiger partial charge in [-0.1, -0.05) is 212 Å². The number of fused-ring (bicyclic) bond motifs is 4. The lowest BCUT2D eigenvalue weighted by Crippen LogP contribution is -2.26. The van der Waals surface area contributed by atoms with Crippen molar-refractivity contribution in [2.24, 2.45) is 0 Å². The van der Waals surface area contributed by atoms with Crippen LogP contribution in [0.4, 0.5) is 0 Å². The van der Waals surface area contributed by atoms with Crippen LogP contribution < -0.4 is 9.47 Å². The van der Waals surface area contributed by atoms with Crippen molar-refractivity contribution in [3.63, 3.8) is 0 Å². The summed E-state index contributed by atoms with van der Waals surface area (Å²) in [7, 11) is -1.12. The maximum atomic E-state index is 7.04. The van der Waals surface area contributed by atoms with Crippen LogP contribution in [-0.4, -0.2) is 8.80 Å². The summed E-state index contributed by atoms with van der Waals surface area (Å²) in [6.45, 7) is 7.32. The van der Waals surface area contributed by atoms with Crippen molar-refractivity contribution in [1.29, 1.82) is 0 Å². The standard InChI is InChI=1S/C63H49O2Si/c1-40-36-58-52(54-34-30-44-18-8-10-22-50(44)60(54)64-48-32-28-42-16-4-6-20-46(42)38-48)24-12-14-26-56(58)62(40)66(3)63-41(2)37-59-53(25-13-15-27-57(59)63)55-35-31-45-19-9-11-23-51(45)61(55)65-49-33-29-43-17-5-7-21-47(43)39-49/h4-39,52-53,62-63H,1-3H3. The van der Waals surface area contributed by atoms with Gasteiger partial charge in [-0.05, 0) is 104 Å². The van der Waals surface area contributed by atoms with Crippen LogP contribution in [-0.2, 0) is 0 Å². The second kappa shape index (κ2) is 16.5. The van der Waals surface area contributed by atoms with Crippen LogP contribution in [0.25, 0.3) is 43.1 Å². The molecule has 2 nitrogen and oxygen atoms in total. The summed E-state index contributed by atoms with van der Waals surface area (Å²) in [5, 5.41) is 9.34. The normalized spacial score (nSPS) is 20.0. The van der Waals surface area contributed by atoms with E-state index in [0.717, 1.165) is 33.8 Å². The van der Waals surface area contributed by atoms with Gasteiger partial charge in [-0.15, -0.1) is 0 Å². The molecule has 8 aromatic carbocycles. The molecule has 0 amide bonds. The molecule has 4 aliphatic carbocycles. The summed E-state index contributed by atoms with van der Waals surface area (Å²) in [5.41, 5.74) is 11.6. The van der Waals surface area contributed by atoms with Crippen molar-refractivity contribution in [1.82, 2.24) is 0 Å². The zero-order chi connectivity index (χ0) is 44.3. The van der Waals surface area contributed by atoms with E-state index < -0.39 is 8.80 Å². The van der Waals surface area contributed by atoms with Crippen molar-refractivity contribution in [3.8, 4) is 23.0 Å². The van der Waals surface area contributed by atoms with Gasteiger partial charge in [0.15, 0.2) is 0 Å². The van der Waals surface area contributed by atoms with Gasteiger partial charge in [0.2, 0.25) is 0 Å². The molecule has 0 saturated carbocycles. The van der Waals surface area contributed by atoms with E-state index in [1.807, 2.05) is 0 Å². The van der Waals surface area contributed by atoms with Gasteiger partial charge >= 0.3 is 0 Å². The summed E-state index contributed by atoms with van der Waals surface area (Å²) in [4.78, 5) is 0. The molecule has 0 heterocycles. The molecule has 4 unspecified atom stereocenters. The van der Waals surface area contributed by atoms with Gasteiger partial charge in [-0.2, -0.15) is 0 Å². The third kappa shape index (κ3) is 6.94. The SMILES string of the molecule is CC1=CC2=C(C=CC=CC2c2ccc3ccccc3c2Oc2ccc3ccccc3c2)C1[Si](C)C1C(C)=CC2=C1C=CC=CC2c1ccc2ccccc2c1Oc1ccc2ccccc2c1. The van der Waals surface area contributed by atoms with E-state index in [1.54, 1.807) is 0 Å². The van der Waals surface area contributed by atoms with Crippen molar-refractivity contribution in [3.05, 3.63) is 263 Å². The molecule has 0 aliphatic heterocycles. The molecule has 0 saturated heterocycles. The van der Waals surface area contributed by atoms with E-state index in [1.165, 1.54) is 76.9 Å². The van der Waals surface area contributed by atoms with E-state index in [4.69, 9.17) is 9.47 Å². The van der Waals surface area contributed by atoms with Gasteiger partial charge in [0, 0.05) is 33.7 Å². The van der Waals surface area contributed by atoms with Crippen LogP contribution in [0.2, 0.25) is 17.6 Å². The lowest BCUT2D eigenvalue weighted by atomic mass is 9.87. The molecular weight excluding hydrogens is 817 g/mol. The number of benzene rings is 8. The molecule has 4 aliphatic rings. The molecule has 0 fully saturated rings. The van der Waals surface area contributed by atoms with Gasteiger partial charge in [0.25, 0.3) is 0 Å². The smallest absolute Gasteiger partial charge is 0.139 e. The third-order valence-electron chi connectivity index (χ3n) is 14.3. The molecule has 0 aromatic heterocycles. The first-order chi connectivity index (χ1) is 32.5. The second-order valence-electron chi connectivity index (χ2n) is 18.3. The maximum absolute atomic E-state index is 7.04. The quantitative estimate of drug-likeness (QED) is 0.142. The first-order valence-electron chi connectivity index (χ1n) is 23.2. The zero-order valence-corrected chi connectivity index (χ0v) is 38.4. The predicted molar refractivity (Wildman–Crippen MR) is 279 cm³/mol. The molecule has 317 valence electrons. The van der Waals surface area contributed by atoms with E-state index in [9.17, 15) is 0 Å². The zero-order valence-electron chi connectivity index (χ0n) is 37.4. The van der Waals surface area contributed by atoms with Gasteiger partial charge in [-0.25, -0.2) is 0 Å². The number of rotatable bonds is 8. The van der Waals surface area contributed by atoms with E-state index in [-0.39, 0.29) is 11.8 Å². The Morgan fingerprint density at radius 2 is 0.788 bits per heavy atom. The number of hydrogen-bond donors (Lipinski definition) is 0. The highest BCUT2D eigenvalue weighted by Crippen LogP contribution is 2.55. The van der Waals surface area contributed by atoms with Crippen molar-refractivity contribution in [2.75, 3.05) is 0 Å². The molecule has 8 aromatic rings. The van der Waals surface area contributed by atoms with E-state index in [2.05, 4.69) is 239 Å². The molecule has 1 radical (unpaired) electrons. The number of allylic oxidation sites excluding steroid dienone is 16. The van der Waals surface area contributed by atoms with Crippen LogP contribution in [0.3, 0.4) is 0 Å². The minimum Gasteiger partial charge on any atom is -0.456 e. The predicted octanol–water partition coefficient (Wildman–Crippen LogP) is 17.4. The highest BCUT2D eigenvalue weighted by molar-refractivity contribution is 6.64. The summed E-state index contributed by atoms with van der Waals surface area (Å²) in [6.07, 6.45) is 23.6. The molecule has 4 atom stereocenters. The highest BCUT2D eigenvalue weighted by Gasteiger charge is 2.41. The first-order valence-corrected chi connectivity index (χ1v) is 25.4. The topological polar surface area (TPSA) is 18.5 Å². The lowest BCUT2D eigenvalue weighted by Gasteiger charge is -2.30. The third-order valence-corrected chi connectivity index (χ3v) is 17.7. The van der Waals surface area contributed by atoms with Crippen LogP contribution in [0, 0.1) is 0 Å². The van der Waals surface area contributed by atoms with E-state index >= 15 is 0 Å². The molecule has 0 N–H and O–H groups in total. The summed E-state index contributed by atoms with van der Waals surface area (Å²) in [5.74, 6) is 3.60. The molecule has 12 rings (SSSR count). The minimum atomic E-state index is -1.12. The Kier molecular flexibility index (Phi) is 10.0. The second-order valence-corrected chi connectivity index (χ2v) is 20.9. The Balaban J connectivity index is 0.918. The van der Waals surface area contributed by atoms with Crippen LogP contribution in [0.15, 0.2) is 252 Å². The Labute approximate surface area is 388 Å². The van der Waals surface area contributed by atoms with Gasteiger partial charge in [0.05, 0.1) is 8.80 Å². The lowest BCUT2D eigenvalue weighted by molar-refractivity contribution is 0.482. The Morgan fingerprint density at radius 3 is 1.24 bits per heavy atom. The number of hydrogen-bond acceptors (Lipinski definition) is 2. The Bertz CT molecular complexity index is 3320. The van der Waals surface area contributed by atoms with Gasteiger partial charge in [-0.3, -0.25) is 0 Å². The van der Waals surface area contributed by atoms with Crippen LogP contribution in [0.5, 0.6) is 23.0 Å². The average Bonchev–Trinajstić information content (AvgIpc) is 3.67. The molecule has 0 bridgehead atoms. The van der Waals surface area contributed by atoms with Crippen molar-refractivity contribution in [2.45, 2.75) is 43.3 Å². The Morgan fingerprint density at radius 1 is 0.394 bits per heavy atom. The van der Waals surface area contributed by atoms with Crippen LogP contribution >= 0.6 is 0 Å².